The zero-order valence-electron chi connectivity index (χ0n) is 22.4. The zero-order valence-corrected chi connectivity index (χ0v) is 23.2. The first kappa shape index (κ1) is 26.1. The summed E-state index contributed by atoms with van der Waals surface area (Å²) in [5, 5.41) is 5.74. The van der Waals surface area contributed by atoms with Crippen molar-refractivity contribution in [2.24, 2.45) is 0 Å². The number of aromatic nitrogens is 3. The maximum absolute atomic E-state index is 14.0. The summed E-state index contributed by atoms with van der Waals surface area (Å²) in [4.78, 5) is 26.9. The summed E-state index contributed by atoms with van der Waals surface area (Å²) in [6.45, 7) is 6.11. The number of piperazine rings is 1. The summed E-state index contributed by atoms with van der Waals surface area (Å²) < 4.78 is 11.3. The third-order valence-electron chi connectivity index (χ3n) is 7.51. The Morgan fingerprint density at radius 2 is 1.80 bits per heavy atom. The van der Waals surface area contributed by atoms with Gasteiger partial charge < -0.3 is 19.1 Å². The third-order valence-corrected chi connectivity index (χ3v) is 7.76. The van der Waals surface area contributed by atoms with Crippen LogP contribution in [0.25, 0.3) is 10.9 Å². The number of methoxy groups -OCH3 is 1. The first-order chi connectivity index (χ1) is 19.5. The molecule has 3 heterocycles. The molecule has 0 amide bonds. The van der Waals surface area contributed by atoms with Crippen LogP contribution in [0.5, 0.6) is 5.75 Å². The molecule has 1 N–H and O–H groups in total. The van der Waals surface area contributed by atoms with Crippen LogP contribution in [-0.2, 0) is 6.54 Å². The fourth-order valence-corrected chi connectivity index (χ4v) is 5.55. The summed E-state index contributed by atoms with van der Waals surface area (Å²) in [5.41, 5.74) is 4.30. The van der Waals surface area contributed by atoms with Crippen LogP contribution in [0, 0.1) is 6.92 Å². The van der Waals surface area contributed by atoms with E-state index in [1.807, 2.05) is 31.2 Å². The molecule has 1 aliphatic heterocycles. The molecular weight excluding hydrogens is 526 g/mol. The van der Waals surface area contributed by atoms with E-state index in [-0.39, 0.29) is 11.7 Å². The van der Waals surface area contributed by atoms with Crippen LogP contribution in [0.15, 0.2) is 77.3 Å². The number of carbonyl (C=O) groups is 1. The fraction of sp³-hybridized carbons (Fsp3) is 0.258. The second-order valence-corrected chi connectivity index (χ2v) is 10.5. The number of aromatic amines is 1. The van der Waals surface area contributed by atoms with Gasteiger partial charge in [-0.1, -0.05) is 35.0 Å². The van der Waals surface area contributed by atoms with Crippen LogP contribution >= 0.6 is 11.6 Å². The molecule has 0 saturated carbocycles. The molecule has 204 valence electrons. The van der Waals surface area contributed by atoms with E-state index in [2.05, 4.69) is 44.2 Å². The Kier molecular flexibility index (Phi) is 7.28. The number of para-hydroxylation sites is 1. The second-order valence-electron chi connectivity index (χ2n) is 10.0. The topological polar surface area (TPSA) is 87.5 Å². The molecule has 1 fully saturated rings. The number of halogens is 1. The van der Waals surface area contributed by atoms with Crippen molar-refractivity contribution >= 4 is 34.0 Å². The monoisotopic (exact) mass is 555 g/mol. The molecule has 6 rings (SSSR count). The summed E-state index contributed by atoms with van der Waals surface area (Å²) in [6.07, 6.45) is 0. The molecule has 0 radical (unpaired) electrons. The van der Waals surface area contributed by atoms with Crippen LogP contribution in [-0.4, -0.2) is 59.1 Å². The van der Waals surface area contributed by atoms with Gasteiger partial charge in [-0.3, -0.25) is 9.69 Å². The van der Waals surface area contributed by atoms with Crippen molar-refractivity contribution in [1.82, 2.24) is 20.0 Å². The first-order valence-corrected chi connectivity index (χ1v) is 13.7. The number of hydrogen-bond acceptors (Lipinski definition) is 7. The van der Waals surface area contributed by atoms with E-state index in [1.165, 1.54) is 5.69 Å². The zero-order chi connectivity index (χ0) is 27.6. The molecule has 1 aliphatic rings. The number of fused-ring (bicyclic) bond motifs is 1. The quantitative estimate of drug-likeness (QED) is 0.240. The first-order valence-electron chi connectivity index (χ1n) is 13.3. The van der Waals surface area contributed by atoms with Crippen molar-refractivity contribution in [3.8, 4) is 5.75 Å². The van der Waals surface area contributed by atoms with Crippen molar-refractivity contribution in [3.05, 3.63) is 106 Å². The van der Waals surface area contributed by atoms with Crippen LogP contribution < -0.4 is 9.64 Å². The fourth-order valence-electron chi connectivity index (χ4n) is 5.43. The average Bonchev–Trinajstić information content (AvgIpc) is 3.58. The van der Waals surface area contributed by atoms with Gasteiger partial charge in [-0.2, -0.15) is 4.98 Å². The van der Waals surface area contributed by atoms with Gasteiger partial charge in [0.15, 0.2) is 11.6 Å². The van der Waals surface area contributed by atoms with Gasteiger partial charge in [-0.15, -0.1) is 0 Å². The summed E-state index contributed by atoms with van der Waals surface area (Å²) in [6, 6.07) is 23.1. The lowest BCUT2D eigenvalue weighted by molar-refractivity contribution is 0.0961. The molecule has 40 heavy (non-hydrogen) atoms. The number of aryl methyl sites for hydroxylation is 1. The largest absolute Gasteiger partial charge is 0.497 e. The third kappa shape index (κ3) is 5.20. The van der Waals surface area contributed by atoms with E-state index in [1.54, 1.807) is 31.4 Å². The van der Waals surface area contributed by atoms with E-state index in [0.29, 0.717) is 28.7 Å². The van der Waals surface area contributed by atoms with E-state index >= 15 is 0 Å². The van der Waals surface area contributed by atoms with Crippen LogP contribution in [0.3, 0.4) is 0 Å². The van der Waals surface area contributed by atoms with Crippen molar-refractivity contribution in [1.29, 1.82) is 0 Å². The van der Waals surface area contributed by atoms with Gasteiger partial charge in [0.1, 0.15) is 11.7 Å². The number of ether oxygens (including phenoxy) is 1. The molecule has 2 aromatic heterocycles. The number of Topliss-reactive ketones (excluding diaryl/α,β-unsaturated/α-hetero) is 1. The Balaban J connectivity index is 1.29. The normalized spacial score (nSPS) is 14.9. The predicted octanol–water partition coefficient (Wildman–Crippen LogP) is 5.86. The summed E-state index contributed by atoms with van der Waals surface area (Å²) in [5.74, 6) is 0.594. The molecule has 9 heteroatoms. The minimum Gasteiger partial charge on any atom is -0.497 e. The average molecular weight is 556 g/mol. The van der Waals surface area contributed by atoms with Crippen LogP contribution in [0.1, 0.15) is 39.2 Å². The minimum absolute atomic E-state index is 0.143. The Morgan fingerprint density at radius 1 is 1.05 bits per heavy atom. The number of carbonyl (C=O) groups excluding carboxylic acids is 1. The highest BCUT2D eigenvalue weighted by Crippen LogP contribution is 2.37. The molecule has 5 aromatic rings. The molecule has 0 spiro atoms. The van der Waals surface area contributed by atoms with Gasteiger partial charge in [0.05, 0.1) is 13.7 Å². The number of hydrogen-bond donors (Lipinski definition) is 1. The minimum atomic E-state index is -0.793. The number of anilines is 1. The number of nitrogens with one attached hydrogen (secondary N) is 1. The van der Waals surface area contributed by atoms with Gasteiger partial charge in [-0.05, 0) is 61.5 Å². The van der Waals surface area contributed by atoms with Crippen molar-refractivity contribution in [2.75, 3.05) is 38.2 Å². The second kappa shape index (κ2) is 11.2. The van der Waals surface area contributed by atoms with E-state index in [9.17, 15) is 4.79 Å². The molecule has 1 atom stereocenters. The number of nitrogens with zero attached hydrogens (tertiary/aromatic N) is 4. The maximum Gasteiger partial charge on any atom is 0.242 e. The highest BCUT2D eigenvalue weighted by atomic mass is 35.5. The lowest BCUT2D eigenvalue weighted by Gasteiger charge is -2.35. The highest BCUT2D eigenvalue weighted by molar-refractivity contribution is 6.30. The summed E-state index contributed by atoms with van der Waals surface area (Å²) in [7, 11) is 1.63. The molecule has 0 bridgehead atoms. The summed E-state index contributed by atoms with van der Waals surface area (Å²) >= 11 is 6.11. The van der Waals surface area contributed by atoms with Crippen molar-refractivity contribution in [3.63, 3.8) is 0 Å². The Morgan fingerprint density at radius 3 is 2.52 bits per heavy atom. The van der Waals surface area contributed by atoms with Crippen LogP contribution in [0.4, 0.5) is 5.69 Å². The molecule has 0 aliphatic carbocycles. The Hall–Kier alpha value is -4.14. The molecule has 8 nitrogen and oxygen atoms in total. The van der Waals surface area contributed by atoms with Crippen molar-refractivity contribution in [2.45, 2.75) is 19.4 Å². The molecule has 1 saturated heterocycles. The van der Waals surface area contributed by atoms with Gasteiger partial charge >= 0.3 is 0 Å². The predicted molar refractivity (Wildman–Crippen MR) is 155 cm³/mol. The Labute approximate surface area is 237 Å². The van der Waals surface area contributed by atoms with Crippen LogP contribution in [0.2, 0.25) is 5.02 Å². The lowest BCUT2D eigenvalue weighted by Crippen LogP contribution is -2.46. The Bertz CT molecular complexity index is 1620. The van der Waals surface area contributed by atoms with E-state index in [0.717, 1.165) is 48.3 Å². The van der Waals surface area contributed by atoms with E-state index < -0.39 is 5.92 Å². The molecule has 1 unspecified atom stereocenters. The number of H-pyrrole nitrogens is 1. The number of rotatable bonds is 8. The molecule has 3 aromatic carbocycles. The SMILES string of the molecule is COc1ccc2[nH]c(C)c(C(C(=O)c3ccc(Cl)cc3)c3nc(CN4CCN(c5ccccc5)CC4)no3)c2c1. The number of benzene rings is 3. The van der Waals surface area contributed by atoms with Gasteiger partial charge in [0, 0.05) is 64.6 Å². The smallest absolute Gasteiger partial charge is 0.242 e. The van der Waals surface area contributed by atoms with E-state index in [4.69, 9.17) is 25.8 Å². The van der Waals surface area contributed by atoms with Gasteiger partial charge in [0.2, 0.25) is 5.89 Å². The van der Waals surface area contributed by atoms with Gasteiger partial charge in [0.25, 0.3) is 0 Å². The maximum atomic E-state index is 14.0. The van der Waals surface area contributed by atoms with Crippen molar-refractivity contribution < 1.29 is 14.1 Å². The van der Waals surface area contributed by atoms with Gasteiger partial charge in [-0.25, -0.2) is 0 Å². The highest BCUT2D eigenvalue weighted by Gasteiger charge is 2.34. The molecular formula is C31H30ClN5O3. The lowest BCUT2D eigenvalue weighted by atomic mass is 9.88. The number of ketones is 1. The standard InChI is InChI=1S/C31H30ClN5O3/c1-20-28(25-18-24(39-2)12-13-26(25)33-20)29(30(38)21-8-10-22(32)11-9-21)31-34-27(35-40-31)19-36-14-16-37(17-15-36)23-6-4-3-5-7-23/h3-13,18,29,33H,14-17,19H2,1-2H3.